The van der Waals surface area contributed by atoms with Gasteiger partial charge in [0, 0.05) is 69.0 Å². The number of anilines is 1. The van der Waals surface area contributed by atoms with E-state index in [2.05, 4.69) is 78.8 Å². The number of nitrogens with one attached hydrogen (secondary N) is 1. The van der Waals surface area contributed by atoms with E-state index in [4.69, 9.17) is 11.6 Å². The lowest BCUT2D eigenvalue weighted by Crippen LogP contribution is -2.38. The highest BCUT2D eigenvalue weighted by Crippen LogP contribution is 2.55. The van der Waals surface area contributed by atoms with E-state index >= 15 is 0 Å². The molecule has 1 aliphatic rings. The lowest BCUT2D eigenvalue weighted by Gasteiger charge is -2.30. The van der Waals surface area contributed by atoms with E-state index in [1.54, 1.807) is 0 Å². The van der Waals surface area contributed by atoms with Crippen LogP contribution in [0.1, 0.15) is 33.6 Å². The van der Waals surface area contributed by atoms with Crippen molar-refractivity contribution in [2.45, 2.75) is 26.2 Å². The molecule has 0 unspecified atom stereocenters. The molecule has 0 atom stereocenters. The average molecular weight is 468 g/mol. The summed E-state index contributed by atoms with van der Waals surface area (Å²) in [5, 5.41) is 6.08. The third-order valence-electron chi connectivity index (χ3n) is 7.93. The fourth-order valence-electron chi connectivity index (χ4n) is 6.10. The molecule has 0 spiro atoms. The summed E-state index contributed by atoms with van der Waals surface area (Å²) in [5.41, 5.74) is 8.08. The van der Waals surface area contributed by atoms with Gasteiger partial charge < -0.3 is 14.5 Å². The first kappa shape index (κ1) is 21.1. The van der Waals surface area contributed by atoms with Crippen LogP contribution in [0.3, 0.4) is 0 Å². The molecule has 0 radical (unpaired) electrons. The van der Waals surface area contributed by atoms with Crippen LogP contribution in [0.2, 0.25) is 5.02 Å². The second-order valence-corrected chi connectivity index (χ2v) is 9.78. The average Bonchev–Trinajstić information content (AvgIpc) is 3.37. The van der Waals surface area contributed by atoms with E-state index in [9.17, 15) is 4.79 Å². The number of aromatic nitrogens is 2. The van der Waals surface area contributed by atoms with Crippen LogP contribution >= 0.6 is 11.6 Å². The molecule has 0 aliphatic carbocycles. The molecule has 4 nitrogen and oxygen atoms in total. The molecule has 5 heteroatoms. The van der Waals surface area contributed by atoms with Gasteiger partial charge in [-0.25, -0.2) is 0 Å². The lowest BCUT2D eigenvalue weighted by atomic mass is 9.68. The number of halogens is 1. The topological polar surface area (TPSA) is 39.0 Å². The summed E-state index contributed by atoms with van der Waals surface area (Å²) < 4.78 is 4.39. The van der Waals surface area contributed by atoms with Gasteiger partial charge in [0.05, 0.1) is 5.69 Å². The lowest BCUT2D eigenvalue weighted by molar-refractivity contribution is -0.118. The van der Waals surface area contributed by atoms with Gasteiger partial charge in [-0.05, 0) is 44.5 Å². The van der Waals surface area contributed by atoms with Crippen molar-refractivity contribution in [2.75, 3.05) is 5.32 Å². The van der Waals surface area contributed by atoms with Crippen LogP contribution in [0, 0.1) is 20.8 Å². The van der Waals surface area contributed by atoms with Crippen LogP contribution in [0.5, 0.6) is 0 Å². The molecule has 0 bridgehead atoms. The summed E-state index contributed by atoms with van der Waals surface area (Å²) in [4.78, 5) is 14.5. The number of carbonyl (C=O) groups is 1. The number of carbonyl (C=O) groups excluding carboxylic acids is 1. The first-order valence-electron chi connectivity index (χ1n) is 11.5. The van der Waals surface area contributed by atoms with Gasteiger partial charge in [0.25, 0.3) is 0 Å². The Morgan fingerprint density at radius 2 is 1.26 bits per heavy atom. The number of hydrogen-bond donors (Lipinski definition) is 1. The van der Waals surface area contributed by atoms with Gasteiger partial charge >= 0.3 is 0 Å². The minimum absolute atomic E-state index is 0.0354. The molecular formula is C29H26ClN3O. The smallest absolute Gasteiger partial charge is 0.244 e. The number of benzene rings is 3. The zero-order chi connectivity index (χ0) is 23.9. The summed E-state index contributed by atoms with van der Waals surface area (Å²) in [6, 6.07) is 20.7. The standard InChI is InChI=1S/C29H26ClN3O/c1-16-22(30)15-14-21-27(16)31-28(34)29(21,25-17(2)32(4)23-12-8-6-10-19(23)25)26-18(3)33(5)24-13-9-7-11-20(24)26/h6-15H,1-5H3,(H,31,34). The van der Waals surface area contributed by atoms with E-state index in [0.717, 1.165) is 61.1 Å². The van der Waals surface area contributed by atoms with E-state index < -0.39 is 5.41 Å². The Bertz CT molecular complexity index is 1580. The zero-order valence-electron chi connectivity index (χ0n) is 20.0. The van der Waals surface area contributed by atoms with Crippen molar-refractivity contribution >= 4 is 45.0 Å². The molecule has 1 amide bonds. The first-order chi connectivity index (χ1) is 16.3. The number of fused-ring (bicyclic) bond motifs is 3. The number of aryl methyl sites for hydroxylation is 2. The Morgan fingerprint density at radius 3 is 1.79 bits per heavy atom. The molecule has 5 aromatic rings. The summed E-state index contributed by atoms with van der Waals surface area (Å²) >= 11 is 6.53. The predicted octanol–water partition coefficient (Wildman–Crippen LogP) is 6.54. The summed E-state index contributed by atoms with van der Waals surface area (Å²) in [7, 11) is 4.15. The second-order valence-electron chi connectivity index (χ2n) is 9.37. The van der Waals surface area contributed by atoms with Crippen molar-refractivity contribution in [2.24, 2.45) is 14.1 Å². The summed E-state index contributed by atoms with van der Waals surface area (Å²) in [5.74, 6) is -0.0354. The van der Waals surface area contributed by atoms with Crippen LogP contribution in [-0.4, -0.2) is 15.0 Å². The van der Waals surface area contributed by atoms with E-state index in [0.29, 0.717) is 5.02 Å². The Balaban J connectivity index is 1.90. The highest BCUT2D eigenvalue weighted by molar-refractivity contribution is 6.32. The Kier molecular flexibility index (Phi) is 4.34. The Morgan fingerprint density at radius 1 is 0.765 bits per heavy atom. The predicted molar refractivity (Wildman–Crippen MR) is 140 cm³/mol. The molecule has 0 saturated carbocycles. The third-order valence-corrected chi connectivity index (χ3v) is 8.34. The van der Waals surface area contributed by atoms with Crippen LogP contribution in [0.4, 0.5) is 5.69 Å². The number of para-hydroxylation sites is 2. The molecule has 1 aliphatic heterocycles. The van der Waals surface area contributed by atoms with Crippen molar-refractivity contribution in [3.05, 3.63) is 99.3 Å². The van der Waals surface area contributed by atoms with Gasteiger partial charge in [-0.15, -0.1) is 0 Å². The van der Waals surface area contributed by atoms with E-state index in [1.165, 1.54) is 0 Å². The maximum absolute atomic E-state index is 14.5. The quantitative estimate of drug-likeness (QED) is 0.314. The molecule has 3 heterocycles. The van der Waals surface area contributed by atoms with Crippen molar-refractivity contribution in [3.63, 3.8) is 0 Å². The Labute approximate surface area is 203 Å². The molecule has 3 aromatic carbocycles. The van der Waals surface area contributed by atoms with Crippen molar-refractivity contribution in [1.82, 2.24) is 9.13 Å². The molecule has 0 saturated heterocycles. The summed E-state index contributed by atoms with van der Waals surface area (Å²) in [6.45, 7) is 6.21. The molecular weight excluding hydrogens is 442 g/mol. The SMILES string of the molecule is Cc1c(Cl)ccc2c1NC(=O)C2(c1c(C)n(C)c2ccccc12)c1c(C)n(C)c2ccccc12. The van der Waals surface area contributed by atoms with Gasteiger partial charge in [-0.2, -0.15) is 0 Å². The van der Waals surface area contributed by atoms with Crippen LogP contribution < -0.4 is 5.32 Å². The molecule has 6 rings (SSSR count). The highest BCUT2D eigenvalue weighted by atomic mass is 35.5. The molecule has 2 aromatic heterocycles. The highest BCUT2D eigenvalue weighted by Gasteiger charge is 2.54. The number of rotatable bonds is 2. The zero-order valence-corrected chi connectivity index (χ0v) is 20.7. The summed E-state index contributed by atoms with van der Waals surface area (Å²) in [6.07, 6.45) is 0. The van der Waals surface area contributed by atoms with Crippen molar-refractivity contribution in [3.8, 4) is 0 Å². The Hall–Kier alpha value is -3.50. The monoisotopic (exact) mass is 467 g/mol. The van der Waals surface area contributed by atoms with Crippen LogP contribution in [0.25, 0.3) is 21.8 Å². The van der Waals surface area contributed by atoms with E-state index in [1.807, 2.05) is 31.2 Å². The maximum atomic E-state index is 14.5. The molecule has 34 heavy (non-hydrogen) atoms. The maximum Gasteiger partial charge on any atom is 0.244 e. The number of nitrogens with zero attached hydrogens (tertiary/aromatic N) is 2. The minimum atomic E-state index is -1.01. The fraction of sp³-hybridized carbons (Fsp3) is 0.207. The number of hydrogen-bond acceptors (Lipinski definition) is 1. The van der Waals surface area contributed by atoms with Gasteiger partial charge in [0.1, 0.15) is 5.41 Å². The van der Waals surface area contributed by atoms with Crippen LogP contribution in [0.15, 0.2) is 60.7 Å². The van der Waals surface area contributed by atoms with Crippen molar-refractivity contribution < 1.29 is 4.79 Å². The largest absolute Gasteiger partial charge is 0.348 e. The first-order valence-corrected chi connectivity index (χ1v) is 11.9. The van der Waals surface area contributed by atoms with Gasteiger partial charge in [0.15, 0.2) is 0 Å². The molecule has 1 N–H and O–H groups in total. The number of amides is 1. The second kappa shape index (κ2) is 7.00. The third kappa shape index (κ3) is 2.36. The van der Waals surface area contributed by atoms with Gasteiger partial charge in [-0.3, -0.25) is 4.79 Å². The fourth-order valence-corrected chi connectivity index (χ4v) is 6.26. The minimum Gasteiger partial charge on any atom is -0.348 e. The normalized spacial score (nSPS) is 14.7. The van der Waals surface area contributed by atoms with Crippen molar-refractivity contribution in [1.29, 1.82) is 0 Å². The van der Waals surface area contributed by atoms with E-state index in [-0.39, 0.29) is 5.91 Å². The van der Waals surface area contributed by atoms with Gasteiger partial charge in [0.2, 0.25) is 5.91 Å². The van der Waals surface area contributed by atoms with Gasteiger partial charge in [-0.1, -0.05) is 54.1 Å². The molecule has 0 fully saturated rings. The van der Waals surface area contributed by atoms with Crippen LogP contribution in [-0.2, 0) is 24.3 Å². The molecule has 170 valence electrons.